The molecule has 92 valence electrons. The first-order valence-corrected chi connectivity index (χ1v) is 5.87. The average molecular weight is 216 g/mol. The molecule has 0 radical (unpaired) electrons. The van der Waals surface area contributed by atoms with E-state index in [2.05, 4.69) is 48.5 Å². The molecular formula is C13H28O2. The van der Waals surface area contributed by atoms with Gasteiger partial charge in [-0.2, -0.15) is 0 Å². The first-order chi connectivity index (χ1) is 6.64. The molecule has 0 unspecified atom stereocenters. The molecule has 0 saturated heterocycles. The maximum absolute atomic E-state index is 5.73. The molecule has 0 aromatic rings. The Morgan fingerprint density at radius 3 is 1.33 bits per heavy atom. The van der Waals surface area contributed by atoms with E-state index in [-0.39, 0.29) is 17.1 Å². The van der Waals surface area contributed by atoms with Crippen molar-refractivity contribution in [3.8, 4) is 0 Å². The molecule has 0 aliphatic heterocycles. The first kappa shape index (κ1) is 14.9. The Hall–Kier alpha value is -0.0800. The maximum atomic E-state index is 5.73. The van der Waals surface area contributed by atoms with Crippen LogP contribution in [0.4, 0.5) is 0 Å². The minimum atomic E-state index is -0.0524. The van der Waals surface area contributed by atoms with E-state index in [0.29, 0.717) is 0 Å². The predicted octanol–water partition coefficient (Wildman–Crippen LogP) is 3.85. The van der Waals surface area contributed by atoms with Crippen molar-refractivity contribution < 1.29 is 9.47 Å². The second kappa shape index (κ2) is 5.86. The van der Waals surface area contributed by atoms with Crippen LogP contribution in [0.15, 0.2) is 0 Å². The molecule has 2 heteroatoms. The number of hydrogen-bond acceptors (Lipinski definition) is 2. The van der Waals surface area contributed by atoms with E-state index in [1.54, 1.807) is 0 Å². The fourth-order valence-corrected chi connectivity index (χ4v) is 0.970. The van der Waals surface area contributed by atoms with E-state index in [1.165, 1.54) is 0 Å². The third kappa shape index (κ3) is 10.2. The number of hydrogen-bond donors (Lipinski definition) is 0. The summed E-state index contributed by atoms with van der Waals surface area (Å²) in [6.45, 7) is 16.6. The van der Waals surface area contributed by atoms with Crippen LogP contribution in [0, 0.1) is 10.8 Å². The quantitative estimate of drug-likeness (QED) is 0.650. The lowest BCUT2D eigenvalue weighted by Gasteiger charge is -2.26. The van der Waals surface area contributed by atoms with Crippen LogP contribution in [-0.2, 0) is 9.47 Å². The van der Waals surface area contributed by atoms with Crippen LogP contribution in [0.3, 0.4) is 0 Å². The van der Waals surface area contributed by atoms with Gasteiger partial charge in [0.2, 0.25) is 0 Å². The van der Waals surface area contributed by atoms with Crippen molar-refractivity contribution in [2.75, 3.05) is 13.2 Å². The van der Waals surface area contributed by atoms with Crippen molar-refractivity contribution in [2.24, 2.45) is 10.8 Å². The first-order valence-electron chi connectivity index (χ1n) is 5.87. The van der Waals surface area contributed by atoms with Crippen LogP contribution in [0.25, 0.3) is 0 Å². The summed E-state index contributed by atoms with van der Waals surface area (Å²) in [5, 5.41) is 0. The van der Waals surface area contributed by atoms with Gasteiger partial charge in [-0.3, -0.25) is 0 Å². The second-order valence-electron chi connectivity index (χ2n) is 6.58. The summed E-state index contributed by atoms with van der Waals surface area (Å²) in [5.74, 6) is 0. The lowest BCUT2D eigenvalue weighted by Crippen LogP contribution is -2.27. The fraction of sp³-hybridized carbons (Fsp3) is 1.00. The zero-order valence-corrected chi connectivity index (χ0v) is 11.5. The van der Waals surface area contributed by atoms with Crippen LogP contribution < -0.4 is 0 Å². The summed E-state index contributed by atoms with van der Waals surface area (Å²) in [5.41, 5.74) is 0.414. The Labute approximate surface area is 95.3 Å². The standard InChI is InChI=1S/C13H28O2/c1-8-11(14-9-12(2,3)4)15-10-13(5,6)7/h11H,8-10H2,1-7H3. The van der Waals surface area contributed by atoms with Gasteiger partial charge in [-0.15, -0.1) is 0 Å². The maximum Gasteiger partial charge on any atom is 0.157 e. The van der Waals surface area contributed by atoms with Crippen molar-refractivity contribution in [3.05, 3.63) is 0 Å². The van der Waals surface area contributed by atoms with Gasteiger partial charge in [0.05, 0.1) is 13.2 Å². The van der Waals surface area contributed by atoms with E-state index in [0.717, 1.165) is 19.6 Å². The van der Waals surface area contributed by atoms with Crippen molar-refractivity contribution in [2.45, 2.75) is 61.2 Å². The molecule has 0 aliphatic carbocycles. The Morgan fingerprint density at radius 2 is 1.13 bits per heavy atom. The molecule has 0 atom stereocenters. The van der Waals surface area contributed by atoms with Crippen LogP contribution in [0.2, 0.25) is 0 Å². The summed E-state index contributed by atoms with van der Waals surface area (Å²) in [6.07, 6.45) is 0.857. The smallest absolute Gasteiger partial charge is 0.157 e. The molecule has 0 saturated carbocycles. The predicted molar refractivity (Wildman–Crippen MR) is 64.9 cm³/mol. The Balaban J connectivity index is 3.84. The molecule has 0 amide bonds. The molecule has 0 fully saturated rings. The molecule has 0 N–H and O–H groups in total. The number of ether oxygens (including phenoxy) is 2. The largest absolute Gasteiger partial charge is 0.352 e. The lowest BCUT2D eigenvalue weighted by atomic mass is 9.98. The zero-order chi connectivity index (χ0) is 12.1. The van der Waals surface area contributed by atoms with Gasteiger partial charge < -0.3 is 9.47 Å². The van der Waals surface area contributed by atoms with Gasteiger partial charge in [0.15, 0.2) is 6.29 Å². The van der Waals surface area contributed by atoms with Gasteiger partial charge in [0.25, 0.3) is 0 Å². The molecule has 0 aromatic heterocycles. The highest BCUT2D eigenvalue weighted by Gasteiger charge is 2.17. The highest BCUT2D eigenvalue weighted by Crippen LogP contribution is 2.18. The van der Waals surface area contributed by atoms with Crippen molar-refractivity contribution >= 4 is 0 Å². The highest BCUT2D eigenvalue weighted by atomic mass is 16.7. The van der Waals surface area contributed by atoms with Crippen LogP contribution >= 0.6 is 0 Å². The fourth-order valence-electron chi connectivity index (χ4n) is 0.970. The zero-order valence-electron chi connectivity index (χ0n) is 11.5. The van der Waals surface area contributed by atoms with Crippen molar-refractivity contribution in [3.63, 3.8) is 0 Å². The van der Waals surface area contributed by atoms with Gasteiger partial charge in [0, 0.05) is 0 Å². The molecule has 2 nitrogen and oxygen atoms in total. The summed E-state index contributed by atoms with van der Waals surface area (Å²) < 4.78 is 11.5. The third-order valence-corrected chi connectivity index (χ3v) is 1.74. The van der Waals surface area contributed by atoms with Gasteiger partial charge in [-0.1, -0.05) is 48.5 Å². The summed E-state index contributed by atoms with van der Waals surface area (Å²) in [6, 6.07) is 0. The highest BCUT2D eigenvalue weighted by molar-refractivity contribution is 4.62. The molecular weight excluding hydrogens is 188 g/mol. The molecule has 0 rings (SSSR count). The summed E-state index contributed by atoms with van der Waals surface area (Å²) in [4.78, 5) is 0. The van der Waals surface area contributed by atoms with Gasteiger partial charge >= 0.3 is 0 Å². The monoisotopic (exact) mass is 216 g/mol. The minimum Gasteiger partial charge on any atom is -0.352 e. The Kier molecular flexibility index (Phi) is 5.82. The minimum absolute atomic E-state index is 0.0524. The van der Waals surface area contributed by atoms with Crippen LogP contribution in [0.1, 0.15) is 54.9 Å². The lowest BCUT2D eigenvalue weighted by molar-refractivity contribution is -0.170. The number of rotatable bonds is 5. The molecule has 0 aromatic carbocycles. The summed E-state index contributed by atoms with van der Waals surface area (Å²) >= 11 is 0. The van der Waals surface area contributed by atoms with Gasteiger partial charge in [-0.05, 0) is 17.3 Å². The van der Waals surface area contributed by atoms with E-state index < -0.39 is 0 Å². The normalized spacial score (nSPS) is 13.6. The molecule has 0 aliphatic rings. The van der Waals surface area contributed by atoms with Crippen molar-refractivity contribution in [1.82, 2.24) is 0 Å². The average Bonchev–Trinajstić information content (AvgIpc) is 2.00. The SMILES string of the molecule is CCC(OCC(C)(C)C)OCC(C)(C)C. The Morgan fingerprint density at radius 1 is 0.800 bits per heavy atom. The van der Waals surface area contributed by atoms with E-state index in [4.69, 9.17) is 9.47 Å². The molecule has 0 heterocycles. The Bertz CT molecular complexity index is 144. The van der Waals surface area contributed by atoms with Gasteiger partial charge in [0.1, 0.15) is 0 Å². The van der Waals surface area contributed by atoms with E-state index >= 15 is 0 Å². The molecule has 0 bridgehead atoms. The van der Waals surface area contributed by atoms with E-state index in [9.17, 15) is 0 Å². The van der Waals surface area contributed by atoms with Crippen molar-refractivity contribution in [1.29, 1.82) is 0 Å². The molecule has 0 spiro atoms. The second-order valence-corrected chi connectivity index (χ2v) is 6.58. The molecule has 15 heavy (non-hydrogen) atoms. The van der Waals surface area contributed by atoms with Gasteiger partial charge in [-0.25, -0.2) is 0 Å². The van der Waals surface area contributed by atoms with E-state index in [1.807, 2.05) is 0 Å². The van der Waals surface area contributed by atoms with Crippen LogP contribution in [-0.4, -0.2) is 19.5 Å². The third-order valence-electron chi connectivity index (χ3n) is 1.74. The van der Waals surface area contributed by atoms with Crippen LogP contribution in [0.5, 0.6) is 0 Å². The summed E-state index contributed by atoms with van der Waals surface area (Å²) in [7, 11) is 0. The topological polar surface area (TPSA) is 18.5 Å².